The van der Waals surface area contributed by atoms with Crippen LogP contribution in [0.4, 0.5) is 5.82 Å². The topological polar surface area (TPSA) is 120 Å². The van der Waals surface area contributed by atoms with E-state index < -0.39 is 16.0 Å². The van der Waals surface area contributed by atoms with E-state index in [0.29, 0.717) is 22.5 Å². The Morgan fingerprint density at radius 2 is 2.19 bits per heavy atom. The highest BCUT2D eigenvalue weighted by molar-refractivity contribution is 7.94. The highest BCUT2D eigenvalue weighted by Crippen LogP contribution is 2.27. The van der Waals surface area contributed by atoms with Crippen LogP contribution in [0.1, 0.15) is 20.8 Å². The fraction of sp³-hybridized carbons (Fsp3) is 0.0833. The van der Waals surface area contributed by atoms with Crippen LogP contribution in [0.3, 0.4) is 0 Å². The van der Waals surface area contributed by atoms with Crippen LogP contribution in [0.5, 0.6) is 0 Å². The summed E-state index contributed by atoms with van der Waals surface area (Å²) < 4.78 is 26.4. The molecule has 2 aromatic rings. The number of aryl methyl sites for hydroxylation is 1. The lowest BCUT2D eigenvalue weighted by molar-refractivity contribution is 0.0701. The average Bonchev–Trinajstić information content (AvgIpc) is 2.82. The number of carboxylic acid groups (broad SMARTS) is 1. The third kappa shape index (κ3) is 3.18. The van der Waals surface area contributed by atoms with Gasteiger partial charge in [-0.1, -0.05) is 0 Å². The number of nitrogens with one attached hydrogen (secondary N) is 1. The van der Waals surface area contributed by atoms with Crippen molar-refractivity contribution in [1.82, 2.24) is 4.98 Å². The first-order valence-corrected chi connectivity index (χ1v) is 7.86. The van der Waals surface area contributed by atoms with Gasteiger partial charge in [0.25, 0.3) is 10.0 Å². The standard InChI is InChI=1S/C12H9N3O4S2/c1-7-4-10(20-11(7)12(16)17)21(18,19)15-9-3-2-8(5-13)6-14-9/h2-4,6H,1H3,(H,14,15)(H,16,17). The Morgan fingerprint density at radius 1 is 1.48 bits per heavy atom. The summed E-state index contributed by atoms with van der Waals surface area (Å²) in [4.78, 5) is 14.7. The highest BCUT2D eigenvalue weighted by Gasteiger charge is 2.22. The summed E-state index contributed by atoms with van der Waals surface area (Å²) in [5.41, 5.74) is 0.679. The molecule has 0 aromatic carbocycles. The molecule has 0 aliphatic carbocycles. The minimum atomic E-state index is -3.91. The van der Waals surface area contributed by atoms with E-state index in [-0.39, 0.29) is 14.9 Å². The number of hydrogen-bond acceptors (Lipinski definition) is 6. The molecule has 0 atom stereocenters. The fourth-order valence-corrected chi connectivity index (χ4v) is 3.89. The van der Waals surface area contributed by atoms with Crippen LogP contribution in [0, 0.1) is 18.3 Å². The van der Waals surface area contributed by atoms with Crippen LogP contribution in [0.2, 0.25) is 0 Å². The van der Waals surface area contributed by atoms with Crippen LogP contribution in [-0.4, -0.2) is 24.5 Å². The van der Waals surface area contributed by atoms with Crippen molar-refractivity contribution in [3.8, 4) is 6.07 Å². The Kier molecular flexibility index (Phi) is 3.93. The van der Waals surface area contributed by atoms with Gasteiger partial charge in [0.1, 0.15) is 21.0 Å². The highest BCUT2D eigenvalue weighted by atomic mass is 32.2. The lowest BCUT2D eigenvalue weighted by atomic mass is 10.3. The summed E-state index contributed by atoms with van der Waals surface area (Å²) >= 11 is 0.671. The van der Waals surface area contributed by atoms with Gasteiger partial charge in [-0.25, -0.2) is 18.2 Å². The van der Waals surface area contributed by atoms with Gasteiger partial charge in [-0.2, -0.15) is 5.26 Å². The molecule has 0 aliphatic heterocycles. The van der Waals surface area contributed by atoms with Crippen molar-refractivity contribution in [2.45, 2.75) is 11.1 Å². The van der Waals surface area contributed by atoms with E-state index in [2.05, 4.69) is 9.71 Å². The molecule has 2 heterocycles. The van der Waals surface area contributed by atoms with Gasteiger partial charge in [-0.3, -0.25) is 4.72 Å². The first-order chi connectivity index (χ1) is 9.83. The quantitative estimate of drug-likeness (QED) is 0.885. The van der Waals surface area contributed by atoms with E-state index >= 15 is 0 Å². The number of carboxylic acids is 1. The van der Waals surface area contributed by atoms with Crippen molar-refractivity contribution in [2.24, 2.45) is 0 Å². The molecule has 0 spiro atoms. The second-order valence-corrected chi connectivity index (χ2v) is 6.99. The number of pyridine rings is 1. The van der Waals surface area contributed by atoms with Crippen molar-refractivity contribution in [2.75, 3.05) is 4.72 Å². The van der Waals surface area contributed by atoms with E-state index in [1.165, 1.54) is 31.3 Å². The maximum atomic E-state index is 12.1. The van der Waals surface area contributed by atoms with Crippen LogP contribution < -0.4 is 4.72 Å². The van der Waals surface area contributed by atoms with E-state index in [1.54, 1.807) is 0 Å². The van der Waals surface area contributed by atoms with Gasteiger partial charge < -0.3 is 5.11 Å². The Morgan fingerprint density at radius 3 is 2.67 bits per heavy atom. The van der Waals surface area contributed by atoms with Crippen LogP contribution >= 0.6 is 11.3 Å². The monoisotopic (exact) mass is 323 g/mol. The van der Waals surface area contributed by atoms with Crippen LogP contribution in [-0.2, 0) is 10.0 Å². The molecule has 9 heteroatoms. The molecule has 0 bridgehead atoms. The number of aromatic carboxylic acids is 1. The van der Waals surface area contributed by atoms with Crippen molar-refractivity contribution in [3.63, 3.8) is 0 Å². The number of aromatic nitrogens is 1. The summed E-state index contributed by atoms with van der Waals surface area (Å²) in [7, 11) is -3.91. The summed E-state index contributed by atoms with van der Waals surface area (Å²) in [6.07, 6.45) is 1.24. The van der Waals surface area contributed by atoms with Crippen molar-refractivity contribution in [3.05, 3.63) is 40.4 Å². The normalized spacial score (nSPS) is 10.9. The van der Waals surface area contributed by atoms with Gasteiger partial charge in [0, 0.05) is 6.20 Å². The molecule has 0 saturated heterocycles. The molecule has 2 N–H and O–H groups in total. The molecule has 0 unspecified atom stereocenters. The van der Waals surface area contributed by atoms with E-state index in [0.717, 1.165) is 0 Å². The van der Waals surface area contributed by atoms with Gasteiger partial charge in [0.15, 0.2) is 0 Å². The Hall–Kier alpha value is -2.44. The molecule has 2 aromatic heterocycles. The molecular formula is C12H9N3O4S2. The van der Waals surface area contributed by atoms with Gasteiger partial charge in [-0.15, -0.1) is 11.3 Å². The lowest BCUT2D eigenvalue weighted by Gasteiger charge is -2.04. The van der Waals surface area contributed by atoms with E-state index in [1.807, 2.05) is 6.07 Å². The first kappa shape index (κ1) is 15.0. The summed E-state index contributed by atoms with van der Waals surface area (Å²) in [6, 6.07) is 5.94. The number of rotatable bonds is 4. The largest absolute Gasteiger partial charge is 0.477 e. The zero-order chi connectivity index (χ0) is 15.6. The van der Waals surface area contributed by atoms with Crippen molar-refractivity contribution in [1.29, 1.82) is 5.26 Å². The Labute approximate surface area is 124 Å². The maximum Gasteiger partial charge on any atom is 0.346 e. The molecule has 21 heavy (non-hydrogen) atoms. The van der Waals surface area contributed by atoms with Gasteiger partial charge in [0.05, 0.1) is 5.56 Å². The minimum Gasteiger partial charge on any atom is -0.477 e. The maximum absolute atomic E-state index is 12.1. The van der Waals surface area contributed by atoms with Crippen LogP contribution in [0.15, 0.2) is 28.6 Å². The molecule has 0 aliphatic rings. The number of nitrogens with zero attached hydrogens (tertiary/aromatic N) is 2. The molecule has 0 saturated carbocycles. The zero-order valence-electron chi connectivity index (χ0n) is 10.7. The number of nitriles is 1. The number of sulfonamides is 1. The van der Waals surface area contributed by atoms with Gasteiger partial charge in [-0.05, 0) is 30.7 Å². The fourth-order valence-electron chi connectivity index (χ4n) is 1.51. The molecule has 0 amide bonds. The molecule has 2 rings (SSSR count). The predicted molar refractivity (Wildman–Crippen MR) is 75.8 cm³/mol. The smallest absolute Gasteiger partial charge is 0.346 e. The number of hydrogen-bond donors (Lipinski definition) is 2. The van der Waals surface area contributed by atoms with Crippen LogP contribution in [0.25, 0.3) is 0 Å². The van der Waals surface area contributed by atoms with Crippen molar-refractivity contribution < 1.29 is 18.3 Å². The molecular weight excluding hydrogens is 314 g/mol. The second kappa shape index (κ2) is 5.51. The SMILES string of the molecule is Cc1cc(S(=O)(=O)Nc2ccc(C#N)cn2)sc1C(=O)O. The third-order valence-electron chi connectivity index (χ3n) is 2.49. The average molecular weight is 323 g/mol. The number of anilines is 1. The lowest BCUT2D eigenvalue weighted by Crippen LogP contribution is -2.12. The second-order valence-electron chi connectivity index (χ2n) is 4.03. The van der Waals surface area contributed by atoms with Gasteiger partial charge >= 0.3 is 5.97 Å². The van der Waals surface area contributed by atoms with Crippen molar-refractivity contribution >= 4 is 33.1 Å². The first-order valence-electron chi connectivity index (χ1n) is 5.56. The third-order valence-corrected chi connectivity index (χ3v) is 5.54. The molecule has 0 fully saturated rings. The van der Waals surface area contributed by atoms with E-state index in [9.17, 15) is 13.2 Å². The number of carbonyl (C=O) groups is 1. The minimum absolute atomic E-state index is 0.0248. The Bertz CT molecular complexity index is 832. The van der Waals surface area contributed by atoms with Gasteiger partial charge in [0.2, 0.25) is 0 Å². The molecule has 7 nitrogen and oxygen atoms in total. The number of thiophene rings is 1. The molecule has 0 radical (unpaired) electrons. The summed E-state index contributed by atoms with van der Waals surface area (Å²) in [5, 5.41) is 17.6. The Balaban J connectivity index is 2.31. The summed E-state index contributed by atoms with van der Waals surface area (Å²) in [5.74, 6) is -1.12. The predicted octanol–water partition coefficient (Wildman–Crippen LogP) is 1.82. The van der Waals surface area contributed by atoms with E-state index in [4.69, 9.17) is 10.4 Å². The zero-order valence-corrected chi connectivity index (χ0v) is 12.3. The molecule has 108 valence electrons. The summed E-state index contributed by atoms with van der Waals surface area (Å²) in [6.45, 7) is 1.53.